The first-order valence-electron chi connectivity index (χ1n) is 5.92. The normalized spacial score (nSPS) is 10.9. The molecule has 0 aliphatic carbocycles. The molecule has 1 nitrogen and oxygen atoms in total. The molecule has 102 valence electrons. The van der Waals surface area contributed by atoms with Gasteiger partial charge in [0, 0.05) is 16.0 Å². The van der Waals surface area contributed by atoms with Gasteiger partial charge in [-0.25, -0.2) is 8.78 Å². The Balaban J connectivity index is 2.20. The Hall–Kier alpha value is -1.94. The molecule has 0 spiro atoms. The molecule has 0 heterocycles. The maximum Gasteiger partial charge on any atom is 0.185 e. The lowest BCUT2D eigenvalue weighted by Gasteiger charge is -2.00. The van der Waals surface area contributed by atoms with Gasteiger partial charge in [0.1, 0.15) is 11.6 Å². The molecule has 4 heteroatoms. The Labute approximate surface area is 120 Å². The van der Waals surface area contributed by atoms with Gasteiger partial charge in [-0.1, -0.05) is 6.07 Å². The van der Waals surface area contributed by atoms with E-state index < -0.39 is 11.6 Å². The summed E-state index contributed by atoms with van der Waals surface area (Å²) in [4.78, 5) is 12.9. The number of hydrogen-bond acceptors (Lipinski definition) is 2. The van der Waals surface area contributed by atoms with Crippen LogP contribution in [0.4, 0.5) is 8.78 Å². The number of benzene rings is 2. The van der Waals surface area contributed by atoms with Crippen LogP contribution in [0.25, 0.3) is 6.08 Å². The molecule has 0 aliphatic heterocycles. The fourth-order valence-corrected chi connectivity index (χ4v) is 2.09. The Kier molecular flexibility index (Phi) is 4.69. The number of carbonyl (C=O) groups excluding carboxylic acids is 1. The highest BCUT2D eigenvalue weighted by atomic mass is 32.2. The zero-order valence-corrected chi connectivity index (χ0v) is 11.6. The molecule has 0 bridgehead atoms. The van der Waals surface area contributed by atoms with E-state index in [1.54, 1.807) is 23.9 Å². The van der Waals surface area contributed by atoms with E-state index in [0.29, 0.717) is 5.56 Å². The molecular weight excluding hydrogens is 278 g/mol. The minimum atomic E-state index is -0.688. The quantitative estimate of drug-likeness (QED) is 0.465. The number of rotatable bonds is 4. The molecule has 0 saturated heterocycles. The largest absolute Gasteiger partial charge is 0.289 e. The van der Waals surface area contributed by atoms with Crippen molar-refractivity contribution in [3.63, 3.8) is 0 Å². The summed E-state index contributed by atoms with van der Waals surface area (Å²) in [7, 11) is 0. The molecule has 0 aromatic heterocycles. The predicted molar refractivity (Wildman–Crippen MR) is 77.9 cm³/mol. The van der Waals surface area contributed by atoms with Crippen LogP contribution in [0, 0.1) is 11.6 Å². The van der Waals surface area contributed by atoms with Crippen molar-refractivity contribution < 1.29 is 13.6 Å². The Morgan fingerprint density at radius 1 is 1.05 bits per heavy atom. The summed E-state index contributed by atoms with van der Waals surface area (Å²) in [6.45, 7) is 0. The lowest BCUT2D eigenvalue weighted by atomic mass is 10.1. The SMILES string of the molecule is CSc1ccc(C(=O)C=Cc2c(F)cccc2F)cc1. The number of allylic oxidation sites excluding steroid dienone is 1. The fraction of sp³-hybridized carbons (Fsp3) is 0.0625. The van der Waals surface area contributed by atoms with Gasteiger partial charge in [0.25, 0.3) is 0 Å². The van der Waals surface area contributed by atoms with Crippen LogP contribution >= 0.6 is 11.8 Å². The zero-order chi connectivity index (χ0) is 14.5. The molecule has 20 heavy (non-hydrogen) atoms. The number of carbonyl (C=O) groups is 1. The number of thioether (sulfide) groups is 1. The van der Waals surface area contributed by atoms with Crippen molar-refractivity contribution >= 4 is 23.6 Å². The molecule has 0 radical (unpaired) electrons. The number of halogens is 2. The fourth-order valence-electron chi connectivity index (χ4n) is 1.68. The standard InChI is InChI=1S/C16H12F2OS/c1-20-12-7-5-11(6-8-12)16(19)10-9-13-14(17)3-2-4-15(13)18/h2-10H,1H3. The molecule has 0 fully saturated rings. The van der Waals surface area contributed by atoms with Gasteiger partial charge in [-0.05, 0) is 54.8 Å². The zero-order valence-electron chi connectivity index (χ0n) is 10.8. The third-order valence-corrected chi connectivity index (χ3v) is 3.52. The summed E-state index contributed by atoms with van der Waals surface area (Å²) in [6.07, 6.45) is 4.28. The van der Waals surface area contributed by atoms with Crippen molar-refractivity contribution in [1.29, 1.82) is 0 Å². The van der Waals surface area contributed by atoms with Gasteiger partial charge >= 0.3 is 0 Å². The average molecular weight is 290 g/mol. The van der Waals surface area contributed by atoms with Crippen LogP contribution in [-0.2, 0) is 0 Å². The lowest BCUT2D eigenvalue weighted by molar-refractivity contribution is 0.104. The van der Waals surface area contributed by atoms with Gasteiger partial charge in [0.2, 0.25) is 0 Å². The molecule has 2 rings (SSSR count). The van der Waals surface area contributed by atoms with Crippen LogP contribution in [0.15, 0.2) is 53.4 Å². The van der Waals surface area contributed by atoms with Gasteiger partial charge in [0.05, 0.1) is 0 Å². The maximum absolute atomic E-state index is 13.4. The summed E-state index contributed by atoms with van der Waals surface area (Å²) in [6, 6.07) is 10.6. The highest BCUT2D eigenvalue weighted by molar-refractivity contribution is 7.98. The van der Waals surface area contributed by atoms with Crippen molar-refractivity contribution in [2.24, 2.45) is 0 Å². The van der Waals surface area contributed by atoms with Crippen LogP contribution in [0.3, 0.4) is 0 Å². The summed E-state index contributed by atoms with van der Waals surface area (Å²) < 4.78 is 26.8. The van der Waals surface area contributed by atoms with E-state index in [4.69, 9.17) is 0 Å². The highest BCUT2D eigenvalue weighted by Gasteiger charge is 2.06. The van der Waals surface area contributed by atoms with E-state index in [-0.39, 0.29) is 11.3 Å². The van der Waals surface area contributed by atoms with Crippen molar-refractivity contribution in [3.8, 4) is 0 Å². The third kappa shape index (κ3) is 3.33. The summed E-state index contributed by atoms with van der Waals surface area (Å²) >= 11 is 1.57. The smallest absolute Gasteiger partial charge is 0.185 e. The molecule has 2 aromatic rings. The molecular formula is C16H12F2OS. The summed E-state index contributed by atoms with van der Waals surface area (Å²) in [5.74, 6) is -1.67. The van der Waals surface area contributed by atoms with E-state index in [9.17, 15) is 13.6 Å². The van der Waals surface area contributed by atoms with Crippen LogP contribution in [0.2, 0.25) is 0 Å². The van der Waals surface area contributed by atoms with Crippen molar-refractivity contribution in [3.05, 3.63) is 71.3 Å². The average Bonchev–Trinajstić information content (AvgIpc) is 2.46. The lowest BCUT2D eigenvalue weighted by Crippen LogP contribution is -1.95. The molecule has 0 atom stereocenters. The second kappa shape index (κ2) is 6.48. The number of hydrogen-bond donors (Lipinski definition) is 0. The number of ketones is 1. The minimum absolute atomic E-state index is 0.207. The summed E-state index contributed by atoms with van der Waals surface area (Å²) in [5, 5.41) is 0. The predicted octanol–water partition coefficient (Wildman–Crippen LogP) is 4.58. The molecule has 0 aliphatic rings. The van der Waals surface area contributed by atoms with E-state index in [0.717, 1.165) is 23.1 Å². The van der Waals surface area contributed by atoms with Crippen molar-refractivity contribution in [2.45, 2.75) is 4.90 Å². The van der Waals surface area contributed by atoms with Crippen LogP contribution < -0.4 is 0 Å². The van der Waals surface area contributed by atoms with Crippen molar-refractivity contribution in [1.82, 2.24) is 0 Å². The first kappa shape index (κ1) is 14.5. The Morgan fingerprint density at radius 2 is 1.65 bits per heavy atom. The second-order valence-corrected chi connectivity index (χ2v) is 4.94. The molecule has 0 amide bonds. The van der Waals surface area contributed by atoms with E-state index in [2.05, 4.69) is 0 Å². The van der Waals surface area contributed by atoms with Crippen LogP contribution in [-0.4, -0.2) is 12.0 Å². The van der Waals surface area contributed by atoms with E-state index in [1.807, 2.05) is 18.4 Å². The second-order valence-electron chi connectivity index (χ2n) is 4.06. The van der Waals surface area contributed by atoms with Gasteiger partial charge in [0.15, 0.2) is 5.78 Å². The van der Waals surface area contributed by atoms with Crippen molar-refractivity contribution in [2.75, 3.05) is 6.26 Å². The molecule has 2 aromatic carbocycles. The van der Waals surface area contributed by atoms with Gasteiger partial charge in [-0.2, -0.15) is 0 Å². The van der Waals surface area contributed by atoms with Gasteiger partial charge in [-0.15, -0.1) is 11.8 Å². The molecule has 0 unspecified atom stereocenters. The first-order valence-corrected chi connectivity index (χ1v) is 7.15. The molecule has 0 saturated carbocycles. The van der Waals surface area contributed by atoms with Gasteiger partial charge in [-0.3, -0.25) is 4.79 Å². The van der Waals surface area contributed by atoms with E-state index in [1.165, 1.54) is 12.1 Å². The first-order chi connectivity index (χ1) is 9.61. The Bertz CT molecular complexity index is 628. The minimum Gasteiger partial charge on any atom is -0.289 e. The third-order valence-electron chi connectivity index (χ3n) is 2.78. The highest BCUT2D eigenvalue weighted by Crippen LogP contribution is 2.17. The Morgan fingerprint density at radius 3 is 2.20 bits per heavy atom. The monoisotopic (exact) mass is 290 g/mol. The van der Waals surface area contributed by atoms with Crippen LogP contribution in [0.1, 0.15) is 15.9 Å². The topological polar surface area (TPSA) is 17.1 Å². The van der Waals surface area contributed by atoms with Gasteiger partial charge < -0.3 is 0 Å². The maximum atomic E-state index is 13.4. The van der Waals surface area contributed by atoms with Crippen LogP contribution in [0.5, 0.6) is 0 Å². The summed E-state index contributed by atoms with van der Waals surface area (Å²) in [5.41, 5.74) is 0.275. The molecule has 0 N–H and O–H groups in total. The van der Waals surface area contributed by atoms with E-state index >= 15 is 0 Å².